The second-order valence-electron chi connectivity index (χ2n) is 9.02. The van der Waals surface area contributed by atoms with E-state index >= 15 is 0 Å². The van der Waals surface area contributed by atoms with Crippen LogP contribution in [0.5, 0.6) is 0 Å². The molecule has 2 fully saturated rings. The molecule has 0 bridgehead atoms. The maximum Gasteiger partial charge on any atom is 0.290 e. The molecule has 0 aliphatic carbocycles. The molecule has 2 aliphatic heterocycles. The minimum absolute atomic E-state index is 0.0431. The predicted molar refractivity (Wildman–Crippen MR) is 119 cm³/mol. The van der Waals surface area contributed by atoms with E-state index in [4.69, 9.17) is 4.74 Å². The summed E-state index contributed by atoms with van der Waals surface area (Å²) in [7, 11) is 1.89. The number of hydrogen-bond acceptors (Lipinski definition) is 5. The Bertz CT molecular complexity index is 934. The van der Waals surface area contributed by atoms with E-state index in [1.807, 2.05) is 45.7 Å². The molecule has 3 heterocycles. The fraction of sp³-hybridized carbons (Fsp3) is 0.609. The quantitative estimate of drug-likeness (QED) is 0.783. The lowest BCUT2D eigenvalue weighted by Crippen LogP contribution is -2.56. The van der Waals surface area contributed by atoms with Gasteiger partial charge in [0.1, 0.15) is 0 Å². The molecule has 2 aliphatic rings. The van der Waals surface area contributed by atoms with Gasteiger partial charge in [-0.25, -0.2) is 4.98 Å². The van der Waals surface area contributed by atoms with Crippen LogP contribution in [0.3, 0.4) is 0 Å². The van der Waals surface area contributed by atoms with Crippen LogP contribution < -0.4 is 5.32 Å². The molecule has 2 saturated heterocycles. The Morgan fingerprint density at radius 1 is 1.23 bits per heavy atom. The number of aromatic nitrogens is 2. The second kappa shape index (κ2) is 9.36. The van der Waals surface area contributed by atoms with Crippen LogP contribution in [0.4, 0.5) is 0 Å². The van der Waals surface area contributed by atoms with Gasteiger partial charge < -0.3 is 24.4 Å². The highest BCUT2D eigenvalue weighted by Gasteiger charge is 2.36. The number of morpholine rings is 1. The van der Waals surface area contributed by atoms with Crippen LogP contribution in [0.1, 0.15) is 30.9 Å². The molecule has 2 aromatic rings. The van der Waals surface area contributed by atoms with Gasteiger partial charge in [0.25, 0.3) is 5.91 Å². The first-order valence-electron chi connectivity index (χ1n) is 11.3. The van der Waals surface area contributed by atoms with Crippen LogP contribution in [0, 0.1) is 11.8 Å². The molecule has 1 N–H and O–H groups in total. The molecule has 8 nitrogen and oxygen atoms in total. The van der Waals surface area contributed by atoms with Crippen molar-refractivity contribution in [3.05, 3.63) is 30.1 Å². The van der Waals surface area contributed by atoms with Crippen molar-refractivity contribution in [2.75, 3.05) is 45.9 Å². The molecule has 2 amide bonds. The number of carbonyl (C=O) groups excluding carboxylic acids is 2. The van der Waals surface area contributed by atoms with Crippen LogP contribution in [-0.2, 0) is 16.6 Å². The maximum atomic E-state index is 13.7. The van der Waals surface area contributed by atoms with Crippen molar-refractivity contribution in [3.63, 3.8) is 0 Å². The lowest BCUT2D eigenvalue weighted by Gasteiger charge is -2.40. The Balaban J connectivity index is 1.55. The van der Waals surface area contributed by atoms with Crippen LogP contribution >= 0.6 is 0 Å². The summed E-state index contributed by atoms with van der Waals surface area (Å²) in [4.78, 5) is 35.2. The van der Waals surface area contributed by atoms with Crippen molar-refractivity contribution >= 4 is 22.8 Å². The monoisotopic (exact) mass is 427 g/mol. The molecule has 2 atom stereocenters. The zero-order valence-electron chi connectivity index (χ0n) is 18.7. The Kier molecular flexibility index (Phi) is 6.57. The highest BCUT2D eigenvalue weighted by Crippen LogP contribution is 2.23. The molecule has 8 heteroatoms. The zero-order valence-corrected chi connectivity index (χ0v) is 18.7. The van der Waals surface area contributed by atoms with Crippen molar-refractivity contribution in [1.82, 2.24) is 24.7 Å². The second-order valence-corrected chi connectivity index (χ2v) is 9.02. The first-order valence-corrected chi connectivity index (χ1v) is 11.3. The first kappa shape index (κ1) is 21.8. The fourth-order valence-corrected chi connectivity index (χ4v) is 4.64. The Morgan fingerprint density at radius 2 is 1.97 bits per heavy atom. The number of amides is 2. The van der Waals surface area contributed by atoms with Gasteiger partial charge in [-0.2, -0.15) is 0 Å². The number of ether oxygens (including phenoxy) is 1. The van der Waals surface area contributed by atoms with Crippen LogP contribution in [-0.4, -0.2) is 83.1 Å². The smallest absolute Gasteiger partial charge is 0.290 e. The minimum atomic E-state index is -0.125. The van der Waals surface area contributed by atoms with E-state index in [1.165, 1.54) is 0 Å². The van der Waals surface area contributed by atoms with E-state index in [9.17, 15) is 9.59 Å². The topological polar surface area (TPSA) is 79.7 Å². The standard InChI is InChI=1S/C23H33N5O3/c1-16(2)15-28(23(30)21-25-19-6-4-5-7-20(19)26(21)3)18-12-17(13-24-14-18)22(29)27-8-10-31-11-9-27/h4-7,16-18,24H,8-15H2,1-3H3/t17-,18+/m1/s1. The number of nitrogens with zero attached hydrogens (tertiary/aromatic N) is 4. The molecular weight excluding hydrogens is 394 g/mol. The summed E-state index contributed by atoms with van der Waals surface area (Å²) in [5.74, 6) is 0.732. The summed E-state index contributed by atoms with van der Waals surface area (Å²) in [6.45, 7) is 8.69. The van der Waals surface area contributed by atoms with Crippen LogP contribution in [0.25, 0.3) is 11.0 Å². The SMILES string of the molecule is CC(C)CN(C(=O)c1nc2ccccc2n1C)[C@@H]1CNC[C@H](C(=O)N2CCOCC2)C1. The Hall–Kier alpha value is -2.45. The first-order chi connectivity index (χ1) is 15.0. The largest absolute Gasteiger partial charge is 0.378 e. The molecule has 0 saturated carbocycles. The molecule has 0 spiro atoms. The molecule has 168 valence electrons. The molecule has 1 aromatic heterocycles. The zero-order chi connectivity index (χ0) is 22.0. The summed E-state index contributed by atoms with van der Waals surface area (Å²) in [5.41, 5.74) is 1.76. The summed E-state index contributed by atoms with van der Waals surface area (Å²) >= 11 is 0. The third-order valence-electron chi connectivity index (χ3n) is 6.24. The normalized spacial score (nSPS) is 22.1. The van der Waals surface area contributed by atoms with Crippen molar-refractivity contribution in [2.45, 2.75) is 26.3 Å². The lowest BCUT2D eigenvalue weighted by atomic mass is 9.92. The average Bonchev–Trinajstić information content (AvgIpc) is 3.14. The van der Waals surface area contributed by atoms with E-state index in [2.05, 4.69) is 24.1 Å². The number of para-hydroxylation sites is 2. The van der Waals surface area contributed by atoms with E-state index in [0.29, 0.717) is 64.1 Å². The lowest BCUT2D eigenvalue weighted by molar-refractivity contribution is -0.140. The average molecular weight is 428 g/mol. The van der Waals surface area contributed by atoms with Gasteiger partial charge in [0, 0.05) is 45.8 Å². The predicted octanol–water partition coefficient (Wildman–Crippen LogP) is 1.51. The molecule has 4 rings (SSSR count). The number of nitrogens with one attached hydrogen (secondary N) is 1. The third-order valence-corrected chi connectivity index (χ3v) is 6.24. The van der Waals surface area contributed by atoms with Gasteiger partial charge in [-0.3, -0.25) is 9.59 Å². The van der Waals surface area contributed by atoms with Crippen LogP contribution in [0.15, 0.2) is 24.3 Å². The van der Waals surface area contributed by atoms with Crippen LogP contribution in [0.2, 0.25) is 0 Å². The number of aryl methyl sites for hydroxylation is 1. The van der Waals surface area contributed by atoms with Gasteiger partial charge in [-0.05, 0) is 24.5 Å². The van der Waals surface area contributed by atoms with E-state index < -0.39 is 0 Å². The van der Waals surface area contributed by atoms with Gasteiger partial charge in [-0.15, -0.1) is 0 Å². The number of hydrogen-bond donors (Lipinski definition) is 1. The number of benzene rings is 1. The molecule has 1 aromatic carbocycles. The summed E-state index contributed by atoms with van der Waals surface area (Å²) < 4.78 is 7.26. The Morgan fingerprint density at radius 3 is 2.68 bits per heavy atom. The number of fused-ring (bicyclic) bond motifs is 1. The van der Waals surface area contributed by atoms with E-state index in [0.717, 1.165) is 11.0 Å². The van der Waals surface area contributed by atoms with E-state index in [-0.39, 0.29) is 23.8 Å². The molecule has 0 unspecified atom stereocenters. The van der Waals surface area contributed by atoms with Gasteiger partial charge >= 0.3 is 0 Å². The van der Waals surface area contributed by atoms with Gasteiger partial charge in [-0.1, -0.05) is 26.0 Å². The van der Waals surface area contributed by atoms with Gasteiger partial charge in [0.2, 0.25) is 5.91 Å². The van der Waals surface area contributed by atoms with Gasteiger partial charge in [0.05, 0.1) is 30.2 Å². The molecular formula is C23H33N5O3. The number of imidazole rings is 1. The molecule has 31 heavy (non-hydrogen) atoms. The number of rotatable bonds is 5. The third kappa shape index (κ3) is 4.60. The minimum Gasteiger partial charge on any atom is -0.378 e. The summed E-state index contributed by atoms with van der Waals surface area (Å²) in [6, 6.07) is 7.75. The summed E-state index contributed by atoms with van der Waals surface area (Å²) in [6.07, 6.45) is 0.672. The fourth-order valence-electron chi connectivity index (χ4n) is 4.64. The molecule has 0 radical (unpaired) electrons. The number of piperidine rings is 1. The number of carbonyl (C=O) groups is 2. The summed E-state index contributed by atoms with van der Waals surface area (Å²) in [5, 5.41) is 3.41. The Labute approximate surface area is 183 Å². The van der Waals surface area contributed by atoms with Crippen molar-refractivity contribution < 1.29 is 14.3 Å². The van der Waals surface area contributed by atoms with E-state index in [1.54, 1.807) is 0 Å². The van der Waals surface area contributed by atoms with Crippen molar-refractivity contribution in [2.24, 2.45) is 18.9 Å². The highest BCUT2D eigenvalue weighted by molar-refractivity contribution is 5.95. The highest BCUT2D eigenvalue weighted by atomic mass is 16.5. The van der Waals surface area contributed by atoms with Crippen molar-refractivity contribution in [3.8, 4) is 0 Å². The van der Waals surface area contributed by atoms with Crippen molar-refractivity contribution in [1.29, 1.82) is 0 Å². The maximum absolute atomic E-state index is 13.7. The van der Waals surface area contributed by atoms with Gasteiger partial charge in [0.15, 0.2) is 5.82 Å².